The van der Waals surface area contributed by atoms with E-state index < -0.39 is 0 Å². The molecule has 1 aliphatic rings. The zero-order valence-corrected chi connectivity index (χ0v) is 14.9. The minimum Gasteiger partial charge on any atom is -0.361 e. The topological polar surface area (TPSA) is 35.2 Å². The van der Waals surface area contributed by atoms with E-state index in [1.54, 1.807) is 0 Å². The molecule has 4 rings (SSSR count). The van der Waals surface area contributed by atoms with Gasteiger partial charge < -0.3 is 9.88 Å². The molecule has 0 bridgehead atoms. The van der Waals surface area contributed by atoms with Gasteiger partial charge in [-0.25, -0.2) is 0 Å². The number of aromatic nitrogens is 2. The maximum Gasteiger partial charge on any atom is 0.0499 e. The molecule has 0 saturated carbocycles. The van der Waals surface area contributed by atoms with Crippen molar-refractivity contribution in [3.8, 4) is 0 Å². The van der Waals surface area contributed by atoms with Gasteiger partial charge in [0.25, 0.3) is 0 Å². The number of hydrogen-bond acceptors (Lipinski definition) is 3. The molecule has 0 radical (unpaired) electrons. The predicted molar refractivity (Wildman–Crippen MR) is 102 cm³/mol. The number of pyridine rings is 1. The maximum absolute atomic E-state index is 4.21. The Balaban J connectivity index is 1.31. The monoisotopic (exact) mass is 334 g/mol. The highest BCUT2D eigenvalue weighted by atomic mass is 15.2. The molecule has 1 unspecified atom stereocenters. The number of benzene rings is 1. The van der Waals surface area contributed by atoms with Crippen LogP contribution < -0.4 is 0 Å². The minimum absolute atomic E-state index is 0.754. The summed E-state index contributed by atoms with van der Waals surface area (Å²) < 4.78 is 0. The van der Waals surface area contributed by atoms with Gasteiger partial charge in [0.05, 0.1) is 0 Å². The zero-order valence-electron chi connectivity index (χ0n) is 14.9. The molecule has 0 amide bonds. The highest BCUT2D eigenvalue weighted by molar-refractivity contribution is 5.82. The summed E-state index contributed by atoms with van der Waals surface area (Å²) in [6.07, 6.45) is 7.13. The van der Waals surface area contributed by atoms with Crippen molar-refractivity contribution in [2.75, 3.05) is 26.7 Å². The van der Waals surface area contributed by atoms with Crippen LogP contribution in [-0.4, -0.2) is 46.4 Å². The Hall–Kier alpha value is -2.17. The molecule has 1 N–H and O–H groups in total. The van der Waals surface area contributed by atoms with Crippen LogP contribution in [0.15, 0.2) is 55.0 Å². The molecule has 1 aliphatic heterocycles. The number of H-pyrrole nitrogens is 1. The molecule has 4 heteroatoms. The summed E-state index contributed by atoms with van der Waals surface area (Å²) in [5.74, 6) is 0.754. The summed E-state index contributed by atoms with van der Waals surface area (Å²) in [6, 6.07) is 12.9. The fourth-order valence-corrected chi connectivity index (χ4v) is 4.04. The van der Waals surface area contributed by atoms with Gasteiger partial charge in [0.1, 0.15) is 0 Å². The summed E-state index contributed by atoms with van der Waals surface area (Å²) in [5, 5.41) is 1.31. The molecule has 0 spiro atoms. The second kappa shape index (κ2) is 7.38. The molecule has 3 aromatic rings. The Morgan fingerprint density at radius 2 is 2.20 bits per heavy atom. The highest BCUT2D eigenvalue weighted by Crippen LogP contribution is 2.23. The molecular weight excluding hydrogens is 308 g/mol. The van der Waals surface area contributed by atoms with Crippen molar-refractivity contribution < 1.29 is 0 Å². The van der Waals surface area contributed by atoms with Crippen LogP contribution in [0.2, 0.25) is 0 Å². The quantitative estimate of drug-likeness (QED) is 0.749. The van der Waals surface area contributed by atoms with Crippen LogP contribution in [0.3, 0.4) is 0 Å². The minimum atomic E-state index is 0.754. The van der Waals surface area contributed by atoms with E-state index in [4.69, 9.17) is 0 Å². The van der Waals surface area contributed by atoms with Crippen LogP contribution in [0.25, 0.3) is 10.9 Å². The number of nitrogens with one attached hydrogen (secondary N) is 1. The molecule has 0 aliphatic carbocycles. The standard InChI is InChI=1S/C21H26N4/c1-24(13-17-4-3-9-22-12-17)14-18-8-11-25(15-18)16-20-6-2-5-19-7-10-23-21(19)20/h2-7,9-10,12,18,23H,8,11,13-16H2,1H3. The first-order chi connectivity index (χ1) is 12.3. The lowest BCUT2D eigenvalue weighted by Crippen LogP contribution is -2.28. The van der Waals surface area contributed by atoms with Gasteiger partial charge in [0, 0.05) is 50.3 Å². The van der Waals surface area contributed by atoms with Gasteiger partial charge in [0.15, 0.2) is 0 Å². The molecule has 1 atom stereocenters. The molecule has 1 fully saturated rings. The van der Waals surface area contributed by atoms with Gasteiger partial charge in [-0.05, 0) is 54.6 Å². The van der Waals surface area contributed by atoms with Crippen molar-refractivity contribution in [3.63, 3.8) is 0 Å². The third-order valence-corrected chi connectivity index (χ3v) is 5.18. The predicted octanol–water partition coefficient (Wildman–Crippen LogP) is 3.52. The fourth-order valence-electron chi connectivity index (χ4n) is 4.04. The lowest BCUT2D eigenvalue weighted by molar-refractivity contribution is 0.255. The summed E-state index contributed by atoms with van der Waals surface area (Å²) in [4.78, 5) is 12.6. The number of aromatic amines is 1. The number of likely N-dealkylation sites (tertiary alicyclic amines) is 1. The average molecular weight is 334 g/mol. The van der Waals surface area contributed by atoms with Crippen LogP contribution in [0.1, 0.15) is 17.5 Å². The van der Waals surface area contributed by atoms with E-state index in [2.05, 4.69) is 57.1 Å². The molecule has 3 heterocycles. The number of nitrogens with zero attached hydrogens (tertiary/aromatic N) is 3. The summed E-state index contributed by atoms with van der Waals surface area (Å²) in [6.45, 7) is 5.56. The normalized spacial score (nSPS) is 18.4. The van der Waals surface area contributed by atoms with Crippen LogP contribution in [0, 0.1) is 5.92 Å². The Labute approximate surface area is 149 Å². The molecule has 2 aromatic heterocycles. The van der Waals surface area contributed by atoms with Gasteiger partial charge in [-0.1, -0.05) is 24.3 Å². The number of hydrogen-bond donors (Lipinski definition) is 1. The third kappa shape index (κ3) is 3.91. The smallest absolute Gasteiger partial charge is 0.0499 e. The highest BCUT2D eigenvalue weighted by Gasteiger charge is 2.24. The maximum atomic E-state index is 4.21. The Morgan fingerprint density at radius 3 is 3.08 bits per heavy atom. The SMILES string of the molecule is CN(Cc1cccnc1)CC1CCN(Cc2cccc3cc[nH]c23)C1. The second-order valence-electron chi connectivity index (χ2n) is 7.31. The van der Waals surface area contributed by atoms with Crippen LogP contribution in [0.4, 0.5) is 0 Å². The Morgan fingerprint density at radius 1 is 1.24 bits per heavy atom. The number of para-hydroxylation sites is 1. The molecule has 25 heavy (non-hydrogen) atoms. The van der Waals surface area contributed by atoms with Crippen LogP contribution >= 0.6 is 0 Å². The summed E-state index contributed by atoms with van der Waals surface area (Å²) >= 11 is 0. The van der Waals surface area contributed by atoms with E-state index in [0.717, 1.165) is 25.6 Å². The first-order valence-corrected chi connectivity index (χ1v) is 9.13. The molecule has 130 valence electrons. The van der Waals surface area contributed by atoms with Gasteiger partial charge in [-0.2, -0.15) is 0 Å². The van der Waals surface area contributed by atoms with E-state index in [0.29, 0.717) is 0 Å². The van der Waals surface area contributed by atoms with E-state index in [9.17, 15) is 0 Å². The Bertz CT molecular complexity index is 811. The largest absolute Gasteiger partial charge is 0.361 e. The van der Waals surface area contributed by atoms with E-state index in [1.807, 2.05) is 24.7 Å². The van der Waals surface area contributed by atoms with E-state index >= 15 is 0 Å². The van der Waals surface area contributed by atoms with Crippen molar-refractivity contribution in [2.24, 2.45) is 5.92 Å². The molecule has 1 saturated heterocycles. The van der Waals surface area contributed by atoms with Gasteiger partial charge in [-0.3, -0.25) is 9.88 Å². The van der Waals surface area contributed by atoms with Crippen molar-refractivity contribution in [2.45, 2.75) is 19.5 Å². The number of rotatable bonds is 6. The first-order valence-electron chi connectivity index (χ1n) is 9.13. The summed E-state index contributed by atoms with van der Waals surface area (Å²) in [5.41, 5.74) is 3.99. The van der Waals surface area contributed by atoms with E-state index in [-0.39, 0.29) is 0 Å². The molecule has 4 nitrogen and oxygen atoms in total. The first kappa shape index (κ1) is 16.3. The third-order valence-electron chi connectivity index (χ3n) is 5.18. The van der Waals surface area contributed by atoms with E-state index in [1.165, 1.54) is 41.5 Å². The van der Waals surface area contributed by atoms with Gasteiger partial charge in [0.2, 0.25) is 0 Å². The van der Waals surface area contributed by atoms with Crippen molar-refractivity contribution >= 4 is 10.9 Å². The van der Waals surface area contributed by atoms with Crippen molar-refractivity contribution in [1.29, 1.82) is 0 Å². The fraction of sp³-hybridized carbons (Fsp3) is 0.381. The lowest BCUT2D eigenvalue weighted by atomic mass is 10.1. The molecule has 1 aromatic carbocycles. The van der Waals surface area contributed by atoms with Crippen molar-refractivity contribution in [3.05, 3.63) is 66.1 Å². The van der Waals surface area contributed by atoms with Gasteiger partial charge >= 0.3 is 0 Å². The second-order valence-corrected chi connectivity index (χ2v) is 7.31. The zero-order chi connectivity index (χ0) is 17.1. The van der Waals surface area contributed by atoms with Crippen molar-refractivity contribution in [1.82, 2.24) is 19.8 Å². The summed E-state index contributed by atoms with van der Waals surface area (Å²) in [7, 11) is 2.22. The number of fused-ring (bicyclic) bond motifs is 1. The van der Waals surface area contributed by atoms with Gasteiger partial charge in [-0.15, -0.1) is 0 Å². The van der Waals surface area contributed by atoms with Crippen LogP contribution in [0.5, 0.6) is 0 Å². The van der Waals surface area contributed by atoms with Crippen LogP contribution in [-0.2, 0) is 13.1 Å². The average Bonchev–Trinajstić information content (AvgIpc) is 3.25. The Kier molecular flexibility index (Phi) is 4.81. The molecular formula is C21H26N4. The lowest BCUT2D eigenvalue weighted by Gasteiger charge is -2.21.